The largest absolute Gasteiger partial charge is 0.354 e. The molecule has 0 unspecified atom stereocenters. The Hall–Kier alpha value is -2.44. The van der Waals surface area contributed by atoms with Crippen LogP contribution in [0.15, 0.2) is 48.1 Å². The quantitative estimate of drug-likeness (QED) is 0.615. The van der Waals surface area contributed by atoms with Crippen molar-refractivity contribution in [3.05, 3.63) is 53.7 Å². The summed E-state index contributed by atoms with van der Waals surface area (Å²) in [7, 11) is 0. The van der Waals surface area contributed by atoms with Crippen LogP contribution >= 0.6 is 11.3 Å². The van der Waals surface area contributed by atoms with E-state index < -0.39 is 0 Å². The molecule has 1 aliphatic rings. The zero-order valence-corrected chi connectivity index (χ0v) is 14.7. The van der Waals surface area contributed by atoms with Crippen molar-refractivity contribution in [2.75, 3.05) is 31.1 Å². The summed E-state index contributed by atoms with van der Waals surface area (Å²) in [5, 5.41) is 11.8. The summed E-state index contributed by atoms with van der Waals surface area (Å²) in [4.78, 5) is 9.58. The Morgan fingerprint density at radius 1 is 1.08 bits per heavy atom. The van der Waals surface area contributed by atoms with E-state index in [0.29, 0.717) is 0 Å². The Bertz CT molecular complexity index is 1010. The molecule has 1 saturated heterocycles. The van der Waals surface area contributed by atoms with Crippen LogP contribution in [0.3, 0.4) is 0 Å². The molecule has 0 aliphatic carbocycles. The zero-order valence-electron chi connectivity index (χ0n) is 13.9. The monoisotopic (exact) mass is 349 g/mol. The van der Waals surface area contributed by atoms with Crippen molar-refractivity contribution < 1.29 is 0 Å². The summed E-state index contributed by atoms with van der Waals surface area (Å²) < 4.78 is 1.32. The molecule has 5 rings (SSSR count). The fraction of sp³-hybridized carbons (Fsp3) is 0.263. The third kappa shape index (κ3) is 2.77. The number of nitrogens with one attached hydrogen (secondary N) is 1. The molecule has 0 saturated carbocycles. The van der Waals surface area contributed by atoms with Gasteiger partial charge in [0.25, 0.3) is 0 Å². The lowest BCUT2D eigenvalue weighted by Crippen LogP contribution is -2.46. The predicted octanol–water partition coefficient (Wildman–Crippen LogP) is 3.49. The van der Waals surface area contributed by atoms with Gasteiger partial charge in [0.2, 0.25) is 0 Å². The molecule has 0 spiro atoms. The standard InChI is InChI=1S/C19H19N5S/c1-2-15-12-21-22-17(15)11-14(1)13-23-6-8-24(9-7-23)19-16-4-10-25-18(16)3-5-20-19/h1-5,10-12H,6-9,13H2,(H,21,22). The first-order chi connectivity index (χ1) is 12.4. The summed E-state index contributed by atoms with van der Waals surface area (Å²) in [5.41, 5.74) is 2.45. The molecule has 1 aromatic carbocycles. The van der Waals surface area contributed by atoms with Gasteiger partial charge in [-0.05, 0) is 29.1 Å². The fourth-order valence-electron chi connectivity index (χ4n) is 3.59. The van der Waals surface area contributed by atoms with Crippen LogP contribution in [0.25, 0.3) is 21.0 Å². The maximum absolute atomic E-state index is 4.64. The fourth-order valence-corrected chi connectivity index (χ4v) is 4.37. The van der Waals surface area contributed by atoms with E-state index in [9.17, 15) is 0 Å². The lowest BCUT2D eigenvalue weighted by atomic mass is 10.1. The average Bonchev–Trinajstić information content (AvgIpc) is 3.31. The minimum absolute atomic E-state index is 0.985. The van der Waals surface area contributed by atoms with E-state index in [1.54, 1.807) is 11.3 Å². The van der Waals surface area contributed by atoms with Gasteiger partial charge in [-0.15, -0.1) is 11.3 Å². The third-order valence-electron chi connectivity index (χ3n) is 4.94. The molecule has 1 fully saturated rings. The van der Waals surface area contributed by atoms with E-state index >= 15 is 0 Å². The van der Waals surface area contributed by atoms with E-state index in [4.69, 9.17) is 0 Å². The van der Waals surface area contributed by atoms with Crippen molar-refractivity contribution in [1.82, 2.24) is 20.1 Å². The van der Waals surface area contributed by atoms with Crippen LogP contribution in [-0.4, -0.2) is 46.3 Å². The van der Waals surface area contributed by atoms with Gasteiger partial charge < -0.3 is 4.90 Å². The number of hydrogen-bond donors (Lipinski definition) is 1. The Morgan fingerprint density at radius 3 is 2.92 bits per heavy atom. The number of anilines is 1. The molecule has 3 aromatic heterocycles. The molecule has 0 bridgehead atoms. The first kappa shape index (κ1) is 14.9. The van der Waals surface area contributed by atoms with Crippen molar-refractivity contribution in [2.24, 2.45) is 0 Å². The number of fused-ring (bicyclic) bond motifs is 2. The molecule has 4 aromatic rings. The molecule has 126 valence electrons. The van der Waals surface area contributed by atoms with Gasteiger partial charge in [-0.3, -0.25) is 10.00 Å². The highest BCUT2D eigenvalue weighted by Gasteiger charge is 2.20. The molecule has 0 radical (unpaired) electrons. The van der Waals surface area contributed by atoms with Crippen LogP contribution in [0, 0.1) is 0 Å². The maximum Gasteiger partial charge on any atom is 0.137 e. The zero-order chi connectivity index (χ0) is 16.6. The first-order valence-electron chi connectivity index (χ1n) is 8.58. The number of H-pyrrole nitrogens is 1. The summed E-state index contributed by atoms with van der Waals surface area (Å²) in [5.74, 6) is 1.14. The number of thiophene rings is 1. The van der Waals surface area contributed by atoms with Gasteiger partial charge in [0.05, 0.1) is 11.7 Å². The number of pyridine rings is 1. The molecule has 5 nitrogen and oxygen atoms in total. The summed E-state index contributed by atoms with van der Waals surface area (Å²) >= 11 is 1.78. The Morgan fingerprint density at radius 2 is 2.00 bits per heavy atom. The van der Waals surface area contributed by atoms with Crippen LogP contribution in [0.2, 0.25) is 0 Å². The summed E-state index contributed by atoms with van der Waals surface area (Å²) in [6.07, 6.45) is 3.80. The number of piperazine rings is 1. The van der Waals surface area contributed by atoms with Gasteiger partial charge in [0, 0.05) is 54.4 Å². The molecule has 0 atom stereocenters. The number of nitrogens with zero attached hydrogens (tertiary/aromatic N) is 4. The van der Waals surface area contributed by atoms with Gasteiger partial charge >= 0.3 is 0 Å². The molecule has 25 heavy (non-hydrogen) atoms. The first-order valence-corrected chi connectivity index (χ1v) is 9.46. The van der Waals surface area contributed by atoms with E-state index in [1.165, 1.54) is 21.0 Å². The smallest absolute Gasteiger partial charge is 0.137 e. The number of hydrogen-bond acceptors (Lipinski definition) is 5. The van der Waals surface area contributed by atoms with E-state index in [2.05, 4.69) is 60.7 Å². The highest BCUT2D eigenvalue weighted by molar-refractivity contribution is 7.17. The second-order valence-corrected chi connectivity index (χ2v) is 7.47. The predicted molar refractivity (Wildman–Crippen MR) is 103 cm³/mol. The topological polar surface area (TPSA) is 48.0 Å². The van der Waals surface area contributed by atoms with Gasteiger partial charge in [-0.1, -0.05) is 12.1 Å². The number of aromatic amines is 1. The number of aromatic nitrogens is 3. The maximum atomic E-state index is 4.64. The Balaban J connectivity index is 1.28. The van der Waals surface area contributed by atoms with Gasteiger partial charge in [-0.25, -0.2) is 4.98 Å². The Kier molecular flexibility index (Phi) is 3.64. The van der Waals surface area contributed by atoms with Crippen LogP contribution < -0.4 is 4.90 Å². The van der Waals surface area contributed by atoms with E-state index in [1.807, 2.05) is 12.4 Å². The van der Waals surface area contributed by atoms with Crippen molar-refractivity contribution in [3.63, 3.8) is 0 Å². The Labute approximate surface area is 149 Å². The van der Waals surface area contributed by atoms with E-state index in [0.717, 1.165) is 44.1 Å². The SMILES string of the molecule is c1cc2sccc2c(N2CCN(Cc3ccc4cn[nH]c4c3)CC2)n1. The van der Waals surface area contributed by atoms with Crippen molar-refractivity contribution >= 4 is 38.1 Å². The molecular weight excluding hydrogens is 330 g/mol. The minimum atomic E-state index is 0.985. The van der Waals surface area contributed by atoms with E-state index in [-0.39, 0.29) is 0 Å². The molecule has 0 amide bonds. The molecule has 1 N–H and O–H groups in total. The van der Waals surface area contributed by atoms with Crippen LogP contribution in [0.5, 0.6) is 0 Å². The van der Waals surface area contributed by atoms with Crippen LogP contribution in [0.1, 0.15) is 5.56 Å². The summed E-state index contributed by atoms with van der Waals surface area (Å²) in [6.45, 7) is 5.15. The number of rotatable bonds is 3. The number of benzene rings is 1. The molecule has 1 aliphatic heterocycles. The summed E-state index contributed by atoms with van der Waals surface area (Å²) in [6, 6.07) is 10.9. The van der Waals surface area contributed by atoms with Crippen molar-refractivity contribution in [3.8, 4) is 0 Å². The van der Waals surface area contributed by atoms with Crippen molar-refractivity contribution in [1.29, 1.82) is 0 Å². The molecule has 6 heteroatoms. The van der Waals surface area contributed by atoms with Gasteiger partial charge in [-0.2, -0.15) is 5.10 Å². The van der Waals surface area contributed by atoms with Crippen molar-refractivity contribution in [2.45, 2.75) is 6.54 Å². The highest BCUT2D eigenvalue weighted by atomic mass is 32.1. The van der Waals surface area contributed by atoms with Crippen LogP contribution in [0.4, 0.5) is 5.82 Å². The molecular formula is C19H19N5S. The second kappa shape index (κ2) is 6.13. The normalized spacial score (nSPS) is 16.1. The third-order valence-corrected chi connectivity index (χ3v) is 5.83. The second-order valence-electron chi connectivity index (χ2n) is 6.52. The lowest BCUT2D eigenvalue weighted by Gasteiger charge is -2.35. The highest BCUT2D eigenvalue weighted by Crippen LogP contribution is 2.29. The average molecular weight is 349 g/mol. The molecule has 4 heterocycles. The minimum Gasteiger partial charge on any atom is -0.354 e. The van der Waals surface area contributed by atoms with Crippen LogP contribution in [-0.2, 0) is 6.54 Å². The van der Waals surface area contributed by atoms with Gasteiger partial charge in [0.15, 0.2) is 0 Å². The lowest BCUT2D eigenvalue weighted by molar-refractivity contribution is 0.249. The van der Waals surface area contributed by atoms with Gasteiger partial charge in [0.1, 0.15) is 5.82 Å².